The molecule has 1 heterocycles. The van der Waals surface area contributed by atoms with Crippen molar-refractivity contribution in [2.24, 2.45) is 0 Å². The molecule has 3 rings (SSSR count). The standard InChI is InChI=1S/C15H17ClN2O2/c16-12-2-1-11(10-17)14(9-12)18-13-3-5-15(6-4-13)19-7-8-20-15/h1-2,9,13,18H,3-8H2. The number of halogens is 1. The van der Waals surface area contributed by atoms with Gasteiger partial charge in [0.25, 0.3) is 0 Å². The monoisotopic (exact) mass is 292 g/mol. The Morgan fingerprint density at radius 1 is 1.25 bits per heavy atom. The Morgan fingerprint density at radius 3 is 2.60 bits per heavy atom. The number of ether oxygens (including phenoxy) is 2. The van der Waals surface area contributed by atoms with Crippen molar-refractivity contribution in [3.63, 3.8) is 0 Å². The van der Waals surface area contributed by atoms with Crippen LogP contribution in [0.3, 0.4) is 0 Å². The molecule has 0 atom stereocenters. The molecule has 1 aliphatic heterocycles. The maximum Gasteiger partial charge on any atom is 0.168 e. The summed E-state index contributed by atoms with van der Waals surface area (Å²) in [6.45, 7) is 1.40. The van der Waals surface area contributed by atoms with E-state index in [1.165, 1.54) is 0 Å². The zero-order valence-corrected chi connectivity index (χ0v) is 11.9. The number of hydrogen-bond donors (Lipinski definition) is 1. The van der Waals surface area contributed by atoms with E-state index < -0.39 is 0 Å². The van der Waals surface area contributed by atoms with Gasteiger partial charge in [0.1, 0.15) is 6.07 Å². The van der Waals surface area contributed by atoms with Crippen LogP contribution in [-0.4, -0.2) is 25.0 Å². The van der Waals surface area contributed by atoms with E-state index in [-0.39, 0.29) is 5.79 Å². The molecule has 0 aromatic heterocycles. The number of nitrogens with one attached hydrogen (secondary N) is 1. The Bertz CT molecular complexity index is 525. The molecule has 4 nitrogen and oxygen atoms in total. The van der Waals surface area contributed by atoms with Crippen LogP contribution in [0.15, 0.2) is 18.2 Å². The number of hydrogen-bond acceptors (Lipinski definition) is 4. The van der Waals surface area contributed by atoms with Crippen LogP contribution in [0.5, 0.6) is 0 Å². The molecule has 1 N–H and O–H groups in total. The topological polar surface area (TPSA) is 54.3 Å². The predicted molar refractivity (Wildman–Crippen MR) is 76.7 cm³/mol. The maximum atomic E-state index is 9.13. The molecule has 2 aliphatic rings. The molecule has 1 spiro atoms. The second kappa shape index (κ2) is 5.61. The van der Waals surface area contributed by atoms with Crippen molar-refractivity contribution >= 4 is 17.3 Å². The molecule has 2 fully saturated rings. The van der Waals surface area contributed by atoms with E-state index in [0.29, 0.717) is 29.8 Å². The van der Waals surface area contributed by atoms with Crippen molar-refractivity contribution in [2.45, 2.75) is 37.5 Å². The third-order valence-electron chi connectivity index (χ3n) is 4.02. The molecular weight excluding hydrogens is 276 g/mol. The minimum absolute atomic E-state index is 0.332. The van der Waals surface area contributed by atoms with Crippen molar-refractivity contribution in [1.82, 2.24) is 0 Å². The minimum Gasteiger partial charge on any atom is -0.381 e. The molecule has 0 radical (unpaired) electrons. The van der Waals surface area contributed by atoms with E-state index in [2.05, 4.69) is 11.4 Å². The van der Waals surface area contributed by atoms with Crippen molar-refractivity contribution < 1.29 is 9.47 Å². The highest BCUT2D eigenvalue weighted by atomic mass is 35.5. The minimum atomic E-state index is -0.343. The zero-order chi connectivity index (χ0) is 14.0. The molecule has 1 aromatic rings. The first kappa shape index (κ1) is 13.7. The van der Waals surface area contributed by atoms with E-state index in [1.54, 1.807) is 12.1 Å². The highest BCUT2D eigenvalue weighted by molar-refractivity contribution is 6.30. The molecule has 0 unspecified atom stereocenters. The SMILES string of the molecule is N#Cc1ccc(Cl)cc1NC1CCC2(CC1)OCCO2. The largest absolute Gasteiger partial charge is 0.381 e. The van der Waals surface area contributed by atoms with Gasteiger partial charge in [0, 0.05) is 23.9 Å². The lowest BCUT2D eigenvalue weighted by atomic mass is 9.89. The van der Waals surface area contributed by atoms with Crippen LogP contribution in [-0.2, 0) is 9.47 Å². The smallest absolute Gasteiger partial charge is 0.168 e. The third-order valence-corrected chi connectivity index (χ3v) is 4.26. The summed E-state index contributed by atoms with van der Waals surface area (Å²) in [6, 6.07) is 7.82. The first-order valence-corrected chi connectivity index (χ1v) is 7.33. The van der Waals surface area contributed by atoms with Crippen molar-refractivity contribution in [2.75, 3.05) is 18.5 Å². The van der Waals surface area contributed by atoms with Crippen molar-refractivity contribution in [3.8, 4) is 6.07 Å². The Morgan fingerprint density at radius 2 is 1.95 bits per heavy atom. The first-order valence-electron chi connectivity index (χ1n) is 6.95. The van der Waals surface area contributed by atoms with Gasteiger partial charge in [-0.2, -0.15) is 5.26 Å². The fraction of sp³-hybridized carbons (Fsp3) is 0.533. The number of anilines is 1. The van der Waals surface area contributed by atoms with Gasteiger partial charge in [-0.1, -0.05) is 11.6 Å². The van der Waals surface area contributed by atoms with Crippen molar-refractivity contribution in [3.05, 3.63) is 28.8 Å². The molecule has 1 aliphatic carbocycles. The van der Waals surface area contributed by atoms with Gasteiger partial charge >= 0.3 is 0 Å². The summed E-state index contributed by atoms with van der Waals surface area (Å²) in [5.41, 5.74) is 1.44. The second-order valence-electron chi connectivity index (χ2n) is 5.33. The average molecular weight is 293 g/mol. The Balaban J connectivity index is 1.65. The summed E-state index contributed by atoms with van der Waals surface area (Å²) in [4.78, 5) is 0. The normalized spacial score (nSPS) is 21.8. The fourth-order valence-corrected chi connectivity index (χ4v) is 3.11. The van der Waals surface area contributed by atoms with Crippen LogP contribution >= 0.6 is 11.6 Å². The second-order valence-corrected chi connectivity index (χ2v) is 5.76. The van der Waals surface area contributed by atoms with E-state index in [0.717, 1.165) is 31.4 Å². The van der Waals surface area contributed by atoms with Crippen LogP contribution in [0.2, 0.25) is 5.02 Å². The molecule has 0 bridgehead atoms. The summed E-state index contributed by atoms with van der Waals surface area (Å²) >= 11 is 6.00. The van der Waals surface area contributed by atoms with Gasteiger partial charge in [-0.15, -0.1) is 0 Å². The molecule has 106 valence electrons. The van der Waals surface area contributed by atoms with Gasteiger partial charge in [-0.25, -0.2) is 0 Å². The fourth-order valence-electron chi connectivity index (χ4n) is 2.94. The number of nitrogens with zero attached hydrogens (tertiary/aromatic N) is 1. The summed E-state index contributed by atoms with van der Waals surface area (Å²) in [5, 5.41) is 13.2. The maximum absolute atomic E-state index is 9.13. The molecular formula is C15H17ClN2O2. The molecule has 1 aromatic carbocycles. The van der Waals surface area contributed by atoms with Gasteiger partial charge in [-0.05, 0) is 31.0 Å². The Kier molecular flexibility index (Phi) is 3.84. The van der Waals surface area contributed by atoms with Crippen LogP contribution in [0.4, 0.5) is 5.69 Å². The summed E-state index contributed by atoms with van der Waals surface area (Å²) in [6.07, 6.45) is 3.73. The van der Waals surface area contributed by atoms with Gasteiger partial charge in [0.05, 0.1) is 24.5 Å². The quantitative estimate of drug-likeness (QED) is 0.908. The van der Waals surface area contributed by atoms with Crippen molar-refractivity contribution in [1.29, 1.82) is 5.26 Å². The van der Waals surface area contributed by atoms with Gasteiger partial charge in [-0.3, -0.25) is 0 Å². The van der Waals surface area contributed by atoms with Gasteiger partial charge in [0.2, 0.25) is 0 Å². The number of nitriles is 1. The lowest BCUT2D eigenvalue weighted by Gasteiger charge is -2.36. The molecule has 1 saturated heterocycles. The molecule has 20 heavy (non-hydrogen) atoms. The zero-order valence-electron chi connectivity index (χ0n) is 11.2. The molecule has 5 heteroatoms. The van der Waals surface area contributed by atoms with E-state index >= 15 is 0 Å². The molecule has 1 saturated carbocycles. The first-order chi connectivity index (χ1) is 9.71. The van der Waals surface area contributed by atoms with Crippen LogP contribution in [0.25, 0.3) is 0 Å². The Labute approximate surface area is 123 Å². The van der Waals surface area contributed by atoms with E-state index in [4.69, 9.17) is 26.3 Å². The van der Waals surface area contributed by atoms with Crippen LogP contribution in [0, 0.1) is 11.3 Å². The van der Waals surface area contributed by atoms with Gasteiger partial charge in [0.15, 0.2) is 5.79 Å². The summed E-state index contributed by atoms with van der Waals surface area (Å²) in [7, 11) is 0. The van der Waals surface area contributed by atoms with Gasteiger partial charge < -0.3 is 14.8 Å². The lowest BCUT2D eigenvalue weighted by molar-refractivity contribution is -0.177. The number of rotatable bonds is 2. The lowest BCUT2D eigenvalue weighted by Crippen LogP contribution is -2.39. The highest BCUT2D eigenvalue weighted by Gasteiger charge is 2.40. The van der Waals surface area contributed by atoms with E-state index in [1.807, 2.05) is 6.07 Å². The average Bonchev–Trinajstić information content (AvgIpc) is 2.90. The van der Waals surface area contributed by atoms with E-state index in [9.17, 15) is 0 Å². The summed E-state index contributed by atoms with van der Waals surface area (Å²) < 4.78 is 11.4. The van der Waals surface area contributed by atoms with Crippen LogP contribution < -0.4 is 5.32 Å². The predicted octanol–water partition coefficient (Wildman–Crippen LogP) is 3.31. The highest BCUT2D eigenvalue weighted by Crippen LogP contribution is 2.37. The summed E-state index contributed by atoms with van der Waals surface area (Å²) in [5.74, 6) is -0.343. The van der Waals surface area contributed by atoms with Crippen LogP contribution in [0.1, 0.15) is 31.2 Å². The third kappa shape index (κ3) is 2.76. The Hall–Kier alpha value is -1.28. The molecule has 0 amide bonds. The number of benzene rings is 1.